The Hall–Kier alpha value is -1.92. The average molecular weight is 400 g/mol. The van der Waals surface area contributed by atoms with Gasteiger partial charge in [-0.3, -0.25) is 4.79 Å². The molecule has 27 heavy (non-hydrogen) atoms. The van der Waals surface area contributed by atoms with Gasteiger partial charge in [-0.2, -0.15) is 0 Å². The van der Waals surface area contributed by atoms with E-state index >= 15 is 0 Å². The van der Waals surface area contributed by atoms with Crippen molar-refractivity contribution >= 4 is 44.9 Å². The first-order valence-electron chi connectivity index (χ1n) is 9.24. The maximum Gasteiger partial charge on any atom is 0.234 e. The van der Waals surface area contributed by atoms with Crippen LogP contribution in [0, 0.1) is 20.8 Å². The average Bonchev–Trinajstić information content (AvgIpc) is 2.93. The molecule has 0 saturated carbocycles. The van der Waals surface area contributed by atoms with Crippen LogP contribution in [-0.4, -0.2) is 21.6 Å². The monoisotopic (exact) mass is 399 g/mol. The number of anilines is 1. The zero-order valence-electron chi connectivity index (χ0n) is 16.3. The first kappa shape index (κ1) is 19.8. The minimum absolute atomic E-state index is 0.0182. The van der Waals surface area contributed by atoms with E-state index in [1.54, 1.807) is 11.3 Å². The molecule has 0 aliphatic carbocycles. The lowest BCUT2D eigenvalue weighted by Crippen LogP contribution is -2.14. The zero-order chi connectivity index (χ0) is 19.4. The lowest BCUT2D eigenvalue weighted by Gasteiger charge is -2.08. The van der Waals surface area contributed by atoms with Crippen molar-refractivity contribution in [3.05, 3.63) is 46.1 Å². The highest BCUT2D eigenvalue weighted by atomic mass is 32.2. The van der Waals surface area contributed by atoms with Crippen molar-refractivity contribution in [2.75, 3.05) is 11.1 Å². The van der Waals surface area contributed by atoms with Gasteiger partial charge in [0.1, 0.15) is 15.7 Å². The third kappa shape index (κ3) is 4.87. The Morgan fingerprint density at radius 3 is 2.59 bits per heavy atom. The van der Waals surface area contributed by atoms with Crippen molar-refractivity contribution in [3.8, 4) is 0 Å². The summed E-state index contributed by atoms with van der Waals surface area (Å²) in [6.07, 6.45) is 3.47. The number of carbonyl (C=O) groups is 1. The molecule has 0 atom stereocenters. The van der Waals surface area contributed by atoms with Crippen LogP contribution < -0.4 is 5.32 Å². The van der Waals surface area contributed by atoms with Gasteiger partial charge < -0.3 is 5.32 Å². The second kappa shape index (κ2) is 8.85. The molecule has 0 aliphatic rings. The molecule has 3 rings (SSSR count). The molecular formula is C21H25N3OS2. The van der Waals surface area contributed by atoms with E-state index in [1.165, 1.54) is 40.6 Å². The normalized spacial score (nSPS) is 11.1. The predicted molar refractivity (Wildman–Crippen MR) is 116 cm³/mol. The highest BCUT2D eigenvalue weighted by Crippen LogP contribution is 2.35. The van der Waals surface area contributed by atoms with Gasteiger partial charge in [0.25, 0.3) is 0 Å². The largest absolute Gasteiger partial charge is 0.325 e. The van der Waals surface area contributed by atoms with Crippen LogP contribution in [0.15, 0.2) is 29.3 Å². The summed E-state index contributed by atoms with van der Waals surface area (Å²) in [4.78, 5) is 23.7. The van der Waals surface area contributed by atoms with Crippen molar-refractivity contribution in [2.45, 2.75) is 52.0 Å². The first-order valence-corrected chi connectivity index (χ1v) is 11.0. The molecule has 1 amide bonds. The second-order valence-corrected chi connectivity index (χ2v) is 8.84. The van der Waals surface area contributed by atoms with Crippen molar-refractivity contribution in [2.24, 2.45) is 0 Å². The number of aryl methyl sites for hydroxylation is 4. The maximum absolute atomic E-state index is 12.4. The number of nitrogens with zero attached hydrogens (tertiary/aromatic N) is 2. The predicted octanol–water partition coefficient (Wildman–Crippen LogP) is 5.69. The molecule has 2 aromatic heterocycles. The van der Waals surface area contributed by atoms with Gasteiger partial charge in [0, 0.05) is 16.0 Å². The molecule has 4 nitrogen and oxygen atoms in total. The smallest absolute Gasteiger partial charge is 0.234 e. The number of rotatable bonds is 7. The fourth-order valence-corrected chi connectivity index (χ4v) is 4.96. The summed E-state index contributed by atoms with van der Waals surface area (Å²) in [5, 5.41) is 4.95. The summed E-state index contributed by atoms with van der Waals surface area (Å²) >= 11 is 3.16. The number of aromatic nitrogens is 2. The van der Waals surface area contributed by atoms with E-state index < -0.39 is 0 Å². The molecule has 0 unspecified atom stereocenters. The molecule has 3 aromatic rings. The van der Waals surface area contributed by atoms with Crippen LogP contribution in [-0.2, 0) is 11.2 Å². The molecule has 0 saturated heterocycles. The van der Waals surface area contributed by atoms with Crippen LogP contribution in [0.2, 0.25) is 0 Å². The lowest BCUT2D eigenvalue weighted by atomic mass is 10.1. The fourth-order valence-electron chi connectivity index (χ4n) is 2.89. The minimum Gasteiger partial charge on any atom is -0.325 e. The number of nitrogens with one attached hydrogen (secondary N) is 1. The molecule has 142 valence electrons. The Morgan fingerprint density at radius 2 is 1.89 bits per heavy atom. The van der Waals surface area contributed by atoms with Crippen LogP contribution in [0.4, 0.5) is 5.69 Å². The summed E-state index contributed by atoms with van der Waals surface area (Å²) in [5.74, 6) is 1.06. The number of benzene rings is 1. The van der Waals surface area contributed by atoms with Crippen LogP contribution in [0.3, 0.4) is 0 Å². The molecular weight excluding hydrogens is 374 g/mol. The van der Waals surface area contributed by atoms with Crippen LogP contribution in [0.5, 0.6) is 0 Å². The van der Waals surface area contributed by atoms with Crippen molar-refractivity contribution in [3.63, 3.8) is 0 Å². The minimum atomic E-state index is -0.0182. The van der Waals surface area contributed by atoms with E-state index in [0.29, 0.717) is 5.75 Å². The number of amides is 1. The Morgan fingerprint density at radius 1 is 1.15 bits per heavy atom. The summed E-state index contributed by atoms with van der Waals surface area (Å²) < 4.78 is 0. The van der Waals surface area contributed by atoms with Gasteiger partial charge in [-0.05, 0) is 56.9 Å². The van der Waals surface area contributed by atoms with Gasteiger partial charge in [0.05, 0.1) is 5.75 Å². The number of hydrogen-bond donors (Lipinski definition) is 1. The summed E-state index contributed by atoms with van der Waals surface area (Å²) in [7, 11) is 0. The Labute approximate surface area is 168 Å². The molecule has 2 heterocycles. The van der Waals surface area contributed by atoms with Crippen LogP contribution >= 0.6 is 23.1 Å². The Balaban J connectivity index is 1.65. The standard InChI is InChI=1S/C21H25N3OS2/c1-5-6-7-16-8-10-17(11-9-16)24-18(25)12-26-20-19-13(2)14(3)27-21(19)23-15(4)22-20/h8-11H,5-7,12H2,1-4H3,(H,24,25). The fraction of sp³-hybridized carbons (Fsp3) is 0.381. The quantitative estimate of drug-likeness (QED) is 0.409. The molecule has 6 heteroatoms. The van der Waals surface area contributed by atoms with Crippen LogP contribution in [0.1, 0.15) is 41.6 Å². The molecule has 0 aliphatic heterocycles. The number of unbranched alkanes of at least 4 members (excludes halogenated alkanes) is 1. The van der Waals surface area contributed by atoms with E-state index in [4.69, 9.17) is 0 Å². The van der Waals surface area contributed by atoms with Gasteiger partial charge in [0.15, 0.2) is 0 Å². The summed E-state index contributed by atoms with van der Waals surface area (Å²) in [6, 6.07) is 8.14. The number of fused-ring (bicyclic) bond motifs is 1. The molecule has 1 aromatic carbocycles. The summed E-state index contributed by atoms with van der Waals surface area (Å²) in [6.45, 7) is 8.28. The van der Waals surface area contributed by atoms with Gasteiger partial charge in [-0.15, -0.1) is 11.3 Å². The van der Waals surface area contributed by atoms with E-state index in [0.717, 1.165) is 33.2 Å². The maximum atomic E-state index is 12.4. The molecule has 0 fully saturated rings. The number of thiophene rings is 1. The first-order chi connectivity index (χ1) is 13.0. The highest BCUT2D eigenvalue weighted by molar-refractivity contribution is 8.00. The van der Waals surface area contributed by atoms with Crippen molar-refractivity contribution in [1.29, 1.82) is 0 Å². The Kier molecular flexibility index (Phi) is 6.50. The van der Waals surface area contributed by atoms with E-state index in [2.05, 4.69) is 48.2 Å². The third-order valence-corrected chi connectivity index (χ3v) is 6.58. The number of thioether (sulfide) groups is 1. The second-order valence-electron chi connectivity index (χ2n) is 6.68. The topological polar surface area (TPSA) is 54.9 Å². The molecule has 0 spiro atoms. The van der Waals surface area contributed by atoms with Crippen LogP contribution in [0.25, 0.3) is 10.2 Å². The van der Waals surface area contributed by atoms with E-state index in [9.17, 15) is 4.79 Å². The molecule has 0 radical (unpaired) electrons. The molecule has 1 N–H and O–H groups in total. The van der Waals surface area contributed by atoms with Gasteiger partial charge in [-0.25, -0.2) is 9.97 Å². The highest BCUT2D eigenvalue weighted by Gasteiger charge is 2.15. The van der Waals surface area contributed by atoms with E-state index in [1.807, 2.05) is 19.1 Å². The summed E-state index contributed by atoms with van der Waals surface area (Å²) in [5.41, 5.74) is 3.36. The van der Waals surface area contributed by atoms with Gasteiger partial charge >= 0.3 is 0 Å². The Bertz CT molecular complexity index is 948. The zero-order valence-corrected chi connectivity index (χ0v) is 17.9. The number of hydrogen-bond acceptors (Lipinski definition) is 5. The van der Waals surface area contributed by atoms with Crippen molar-refractivity contribution < 1.29 is 4.79 Å². The SMILES string of the molecule is CCCCc1ccc(NC(=O)CSc2nc(C)nc3sc(C)c(C)c23)cc1. The third-order valence-electron chi connectivity index (χ3n) is 4.50. The van der Waals surface area contributed by atoms with Gasteiger partial charge in [-0.1, -0.05) is 37.2 Å². The van der Waals surface area contributed by atoms with E-state index in [-0.39, 0.29) is 5.91 Å². The van der Waals surface area contributed by atoms with Gasteiger partial charge in [0.2, 0.25) is 5.91 Å². The molecule has 0 bridgehead atoms. The number of carbonyl (C=O) groups excluding carboxylic acids is 1. The van der Waals surface area contributed by atoms with Crippen molar-refractivity contribution in [1.82, 2.24) is 9.97 Å². The lowest BCUT2D eigenvalue weighted by molar-refractivity contribution is -0.113.